The van der Waals surface area contributed by atoms with E-state index < -0.39 is 0 Å². The molecule has 0 unspecified atom stereocenters. The maximum absolute atomic E-state index is 12.0. The van der Waals surface area contributed by atoms with Gasteiger partial charge in [0, 0.05) is 18.9 Å². The summed E-state index contributed by atoms with van der Waals surface area (Å²) in [4.78, 5) is 20.1. The van der Waals surface area contributed by atoms with Crippen molar-refractivity contribution in [1.29, 1.82) is 0 Å². The molecule has 2 aromatic heterocycles. The molecule has 5 heteroatoms. The largest absolute Gasteiger partial charge is 0.285 e. The second-order valence-electron chi connectivity index (χ2n) is 3.40. The van der Waals surface area contributed by atoms with Gasteiger partial charge in [0.1, 0.15) is 11.4 Å². The van der Waals surface area contributed by atoms with Crippen LogP contribution in [0.3, 0.4) is 0 Å². The van der Waals surface area contributed by atoms with E-state index in [0.29, 0.717) is 17.9 Å². The monoisotopic (exact) mass is 216 g/mol. The Bertz CT molecular complexity index is 501. The Morgan fingerprint density at radius 2 is 2.19 bits per heavy atom. The molecule has 0 aliphatic carbocycles. The van der Waals surface area contributed by atoms with Crippen LogP contribution in [-0.4, -0.2) is 25.5 Å². The molecule has 0 aliphatic heterocycles. The first-order valence-corrected chi connectivity index (χ1v) is 5.07. The molecule has 2 rings (SSSR count). The van der Waals surface area contributed by atoms with Gasteiger partial charge in [-0.05, 0) is 19.9 Å². The van der Waals surface area contributed by atoms with Gasteiger partial charge in [-0.15, -0.1) is 0 Å². The van der Waals surface area contributed by atoms with Gasteiger partial charge in [0.2, 0.25) is 5.78 Å². The Hall–Kier alpha value is -2.04. The second kappa shape index (κ2) is 4.22. The van der Waals surface area contributed by atoms with Gasteiger partial charge in [-0.25, -0.2) is 4.98 Å². The first-order chi connectivity index (χ1) is 7.72. The summed E-state index contributed by atoms with van der Waals surface area (Å²) in [6.45, 7) is 4.43. The van der Waals surface area contributed by atoms with Crippen molar-refractivity contribution in [2.45, 2.75) is 20.4 Å². The molecule has 16 heavy (non-hydrogen) atoms. The Morgan fingerprint density at radius 1 is 1.38 bits per heavy atom. The Morgan fingerprint density at radius 3 is 2.81 bits per heavy atom. The quantitative estimate of drug-likeness (QED) is 0.724. The molecule has 0 radical (unpaired) electrons. The highest BCUT2D eigenvalue weighted by atomic mass is 16.1. The lowest BCUT2D eigenvalue weighted by Crippen LogP contribution is -2.12. The van der Waals surface area contributed by atoms with Crippen LogP contribution >= 0.6 is 0 Å². The van der Waals surface area contributed by atoms with Gasteiger partial charge in [0.05, 0.1) is 11.9 Å². The fourth-order valence-electron chi connectivity index (χ4n) is 1.42. The molecule has 0 aromatic carbocycles. The van der Waals surface area contributed by atoms with Crippen LogP contribution in [0.25, 0.3) is 0 Å². The lowest BCUT2D eigenvalue weighted by Gasteiger charge is -2.02. The fraction of sp³-hybridized carbons (Fsp3) is 0.273. The topological polar surface area (TPSA) is 60.7 Å². The number of carbonyl (C=O) groups excluding carboxylic acids is 1. The molecule has 0 amide bonds. The summed E-state index contributed by atoms with van der Waals surface area (Å²) in [6.07, 6.45) is 4.68. The molecule has 82 valence electrons. The fourth-order valence-corrected chi connectivity index (χ4v) is 1.42. The lowest BCUT2D eigenvalue weighted by molar-refractivity contribution is 0.102. The average molecular weight is 216 g/mol. The van der Waals surface area contributed by atoms with Crippen LogP contribution < -0.4 is 0 Å². The van der Waals surface area contributed by atoms with Gasteiger partial charge in [-0.3, -0.25) is 14.5 Å². The van der Waals surface area contributed by atoms with Gasteiger partial charge >= 0.3 is 0 Å². The van der Waals surface area contributed by atoms with Crippen LogP contribution in [0.5, 0.6) is 0 Å². The molecule has 0 saturated carbocycles. The third-order valence-electron chi connectivity index (χ3n) is 2.26. The SMILES string of the molecule is CCn1nccc1C(=O)c1cnc(C)cn1. The Labute approximate surface area is 93.2 Å². The number of aryl methyl sites for hydroxylation is 2. The number of nitrogens with zero attached hydrogens (tertiary/aromatic N) is 4. The summed E-state index contributed by atoms with van der Waals surface area (Å²) >= 11 is 0. The minimum atomic E-state index is -0.146. The summed E-state index contributed by atoms with van der Waals surface area (Å²) in [7, 11) is 0. The van der Waals surface area contributed by atoms with Crippen molar-refractivity contribution in [2.75, 3.05) is 0 Å². The zero-order chi connectivity index (χ0) is 11.5. The molecule has 0 atom stereocenters. The molecule has 5 nitrogen and oxygen atoms in total. The van der Waals surface area contributed by atoms with Crippen molar-refractivity contribution in [1.82, 2.24) is 19.7 Å². The van der Waals surface area contributed by atoms with Gasteiger partial charge in [-0.1, -0.05) is 0 Å². The molecular weight excluding hydrogens is 204 g/mol. The van der Waals surface area contributed by atoms with E-state index in [2.05, 4.69) is 15.1 Å². The molecule has 2 aromatic rings. The molecular formula is C11H12N4O. The molecule has 0 saturated heterocycles. The van der Waals surface area contributed by atoms with Crippen molar-refractivity contribution in [3.05, 3.63) is 41.7 Å². The molecule has 0 aliphatic rings. The summed E-state index contributed by atoms with van der Waals surface area (Å²) in [5.74, 6) is -0.146. The highest BCUT2D eigenvalue weighted by molar-refractivity contribution is 6.06. The molecule has 0 spiro atoms. The third-order valence-corrected chi connectivity index (χ3v) is 2.26. The highest BCUT2D eigenvalue weighted by Gasteiger charge is 2.14. The second-order valence-corrected chi connectivity index (χ2v) is 3.40. The van der Waals surface area contributed by atoms with E-state index in [0.717, 1.165) is 5.69 Å². The third kappa shape index (κ3) is 1.84. The van der Waals surface area contributed by atoms with Crippen molar-refractivity contribution in [2.24, 2.45) is 0 Å². The van der Waals surface area contributed by atoms with Crippen LogP contribution in [-0.2, 0) is 6.54 Å². The number of hydrogen-bond donors (Lipinski definition) is 0. The smallest absolute Gasteiger partial charge is 0.230 e. The summed E-state index contributed by atoms with van der Waals surface area (Å²) in [5, 5.41) is 4.05. The highest BCUT2D eigenvalue weighted by Crippen LogP contribution is 2.06. The molecule has 0 fully saturated rings. The van der Waals surface area contributed by atoms with Crippen LogP contribution in [0.15, 0.2) is 24.7 Å². The van der Waals surface area contributed by atoms with E-state index in [1.54, 1.807) is 23.1 Å². The number of aromatic nitrogens is 4. The molecule has 0 bridgehead atoms. The standard InChI is InChI=1S/C11H12N4O/c1-3-15-10(4-5-14-15)11(16)9-7-12-8(2)6-13-9/h4-7H,3H2,1-2H3. The summed E-state index contributed by atoms with van der Waals surface area (Å²) < 4.78 is 1.64. The van der Waals surface area contributed by atoms with Crippen LogP contribution in [0.1, 0.15) is 28.8 Å². The normalized spacial score (nSPS) is 10.4. The zero-order valence-corrected chi connectivity index (χ0v) is 9.21. The van der Waals surface area contributed by atoms with E-state index >= 15 is 0 Å². The average Bonchev–Trinajstić information content (AvgIpc) is 2.77. The van der Waals surface area contributed by atoms with Gasteiger partial charge in [0.15, 0.2) is 0 Å². The number of ketones is 1. The Balaban J connectivity index is 2.35. The van der Waals surface area contributed by atoms with Gasteiger partial charge in [-0.2, -0.15) is 5.10 Å². The predicted octanol–water partition coefficient (Wildman–Crippen LogP) is 1.23. The minimum Gasteiger partial charge on any atom is -0.285 e. The number of rotatable bonds is 3. The zero-order valence-electron chi connectivity index (χ0n) is 9.21. The predicted molar refractivity (Wildman–Crippen MR) is 58.1 cm³/mol. The maximum Gasteiger partial charge on any atom is 0.230 e. The van der Waals surface area contributed by atoms with Crippen LogP contribution in [0, 0.1) is 6.92 Å². The molecule has 2 heterocycles. The van der Waals surface area contributed by atoms with Crippen molar-refractivity contribution >= 4 is 5.78 Å². The van der Waals surface area contributed by atoms with Crippen molar-refractivity contribution in [3.8, 4) is 0 Å². The van der Waals surface area contributed by atoms with E-state index in [9.17, 15) is 4.79 Å². The van der Waals surface area contributed by atoms with Crippen molar-refractivity contribution < 1.29 is 4.79 Å². The van der Waals surface area contributed by atoms with Gasteiger partial charge in [0.25, 0.3) is 0 Å². The summed E-state index contributed by atoms with van der Waals surface area (Å²) in [6, 6.07) is 1.69. The van der Waals surface area contributed by atoms with E-state index in [1.165, 1.54) is 6.20 Å². The Kier molecular flexibility index (Phi) is 2.76. The number of hydrogen-bond acceptors (Lipinski definition) is 4. The van der Waals surface area contributed by atoms with Gasteiger partial charge < -0.3 is 0 Å². The lowest BCUT2D eigenvalue weighted by atomic mass is 10.2. The number of carbonyl (C=O) groups is 1. The maximum atomic E-state index is 12.0. The first kappa shape index (κ1) is 10.5. The van der Waals surface area contributed by atoms with Crippen LogP contribution in [0.2, 0.25) is 0 Å². The first-order valence-electron chi connectivity index (χ1n) is 5.07. The van der Waals surface area contributed by atoms with E-state index in [-0.39, 0.29) is 5.78 Å². The molecule has 0 N–H and O–H groups in total. The minimum absolute atomic E-state index is 0.146. The summed E-state index contributed by atoms with van der Waals surface area (Å²) in [5.41, 5.74) is 1.68. The van der Waals surface area contributed by atoms with E-state index in [1.807, 2.05) is 13.8 Å². The van der Waals surface area contributed by atoms with Crippen LogP contribution in [0.4, 0.5) is 0 Å². The van der Waals surface area contributed by atoms with Crippen molar-refractivity contribution in [3.63, 3.8) is 0 Å². The van der Waals surface area contributed by atoms with E-state index in [4.69, 9.17) is 0 Å².